The van der Waals surface area contributed by atoms with Crippen LogP contribution in [-0.4, -0.2) is 41.1 Å². The predicted molar refractivity (Wildman–Crippen MR) is 72.8 cm³/mol. The minimum absolute atomic E-state index is 0.0542. The van der Waals surface area contributed by atoms with Crippen LogP contribution in [0.25, 0.3) is 0 Å². The van der Waals surface area contributed by atoms with Crippen molar-refractivity contribution >= 4 is 28.8 Å². The molecular formula is C12H17ClN2O2S. The third-order valence-corrected chi connectivity index (χ3v) is 4.29. The van der Waals surface area contributed by atoms with Crippen LogP contribution >= 0.6 is 22.9 Å². The molecule has 1 aliphatic heterocycles. The average molecular weight is 289 g/mol. The molecule has 1 aromatic rings. The number of likely N-dealkylation sites (N-methyl/N-ethyl adjacent to an activating group) is 1. The Bertz CT molecular complexity index is 424. The fourth-order valence-corrected chi connectivity index (χ4v) is 3.20. The van der Waals surface area contributed by atoms with Gasteiger partial charge in [0.1, 0.15) is 0 Å². The van der Waals surface area contributed by atoms with Gasteiger partial charge in [0, 0.05) is 18.0 Å². The third-order valence-electron chi connectivity index (χ3n) is 3.07. The average Bonchev–Trinajstić information content (AvgIpc) is 2.94. The van der Waals surface area contributed by atoms with Crippen molar-refractivity contribution < 1.29 is 9.90 Å². The first-order valence-corrected chi connectivity index (χ1v) is 7.24. The summed E-state index contributed by atoms with van der Waals surface area (Å²) in [6, 6.07) is 3.53. The highest BCUT2D eigenvalue weighted by Gasteiger charge is 2.30. The number of carbonyl (C=O) groups excluding carboxylic acids is 1. The number of nitrogens with zero attached hydrogens (tertiary/aromatic N) is 1. The van der Waals surface area contributed by atoms with E-state index in [2.05, 4.69) is 5.32 Å². The number of hydrogen-bond donors (Lipinski definition) is 2. The molecule has 4 nitrogen and oxygen atoms in total. The predicted octanol–water partition coefficient (Wildman–Crippen LogP) is 1.47. The summed E-state index contributed by atoms with van der Waals surface area (Å²) in [6.07, 6.45) is 0.0920. The van der Waals surface area contributed by atoms with Crippen molar-refractivity contribution in [2.24, 2.45) is 0 Å². The van der Waals surface area contributed by atoms with E-state index in [0.717, 1.165) is 9.21 Å². The molecule has 0 unspecified atom stereocenters. The van der Waals surface area contributed by atoms with Crippen LogP contribution in [0.4, 0.5) is 0 Å². The molecule has 1 amide bonds. The van der Waals surface area contributed by atoms with Crippen molar-refractivity contribution in [3.8, 4) is 0 Å². The highest BCUT2D eigenvalue weighted by atomic mass is 35.5. The summed E-state index contributed by atoms with van der Waals surface area (Å²) in [5.41, 5.74) is 0. The van der Waals surface area contributed by atoms with Gasteiger partial charge in [0.25, 0.3) is 0 Å². The van der Waals surface area contributed by atoms with E-state index in [1.165, 1.54) is 11.3 Å². The van der Waals surface area contributed by atoms with Gasteiger partial charge in [0.15, 0.2) is 0 Å². The number of aliphatic hydroxyl groups is 1. The molecule has 18 heavy (non-hydrogen) atoms. The molecule has 0 bridgehead atoms. The maximum Gasteiger partial charge on any atom is 0.240 e. The SMILES string of the molecule is CCN(Cc1ccc(Cl)s1)C(=O)[C@H]1C[C@H](O)CN1. The maximum absolute atomic E-state index is 12.3. The van der Waals surface area contributed by atoms with Gasteiger partial charge in [0.05, 0.1) is 23.0 Å². The zero-order valence-electron chi connectivity index (χ0n) is 10.2. The summed E-state index contributed by atoms with van der Waals surface area (Å²) in [5, 5.41) is 12.5. The lowest BCUT2D eigenvalue weighted by Gasteiger charge is -2.23. The number of halogens is 1. The summed E-state index contributed by atoms with van der Waals surface area (Å²) in [6.45, 7) is 3.70. The van der Waals surface area contributed by atoms with Gasteiger partial charge in [-0.15, -0.1) is 11.3 Å². The standard InChI is InChI=1S/C12H17ClN2O2S/c1-2-15(7-9-3-4-11(13)18-9)12(17)10-5-8(16)6-14-10/h3-4,8,10,14,16H,2,5-7H2,1H3/t8-,10+/m0/s1. The zero-order chi connectivity index (χ0) is 13.1. The van der Waals surface area contributed by atoms with Crippen LogP contribution in [0.2, 0.25) is 4.34 Å². The molecule has 1 saturated heterocycles. The van der Waals surface area contributed by atoms with Crippen molar-refractivity contribution in [2.75, 3.05) is 13.1 Å². The number of β-amino-alcohol motifs (C(OH)–C–C–N with tert-alkyl or cyclic N) is 1. The van der Waals surface area contributed by atoms with Crippen LogP contribution in [0.1, 0.15) is 18.2 Å². The highest BCUT2D eigenvalue weighted by Crippen LogP contribution is 2.23. The molecule has 2 atom stereocenters. The first-order valence-electron chi connectivity index (χ1n) is 6.04. The first-order chi connectivity index (χ1) is 8.60. The molecule has 2 rings (SSSR count). The summed E-state index contributed by atoms with van der Waals surface area (Å²) in [4.78, 5) is 15.1. The molecule has 0 radical (unpaired) electrons. The smallest absolute Gasteiger partial charge is 0.240 e. The van der Waals surface area contributed by atoms with Crippen LogP contribution in [0.15, 0.2) is 12.1 Å². The van der Waals surface area contributed by atoms with Crippen LogP contribution in [0.5, 0.6) is 0 Å². The number of thiophene rings is 1. The fraction of sp³-hybridized carbons (Fsp3) is 0.583. The Labute approximate surface area is 116 Å². The van der Waals surface area contributed by atoms with E-state index in [1.807, 2.05) is 19.1 Å². The minimum atomic E-state index is -0.408. The van der Waals surface area contributed by atoms with Crippen molar-refractivity contribution in [3.63, 3.8) is 0 Å². The molecular weight excluding hydrogens is 272 g/mol. The Morgan fingerprint density at radius 2 is 2.44 bits per heavy atom. The lowest BCUT2D eigenvalue weighted by atomic mass is 10.2. The summed E-state index contributed by atoms with van der Waals surface area (Å²) in [7, 11) is 0. The Kier molecular flexibility index (Phi) is 4.61. The van der Waals surface area contributed by atoms with E-state index in [-0.39, 0.29) is 11.9 Å². The molecule has 2 N–H and O–H groups in total. The van der Waals surface area contributed by atoms with Gasteiger partial charge in [-0.05, 0) is 25.5 Å². The molecule has 1 fully saturated rings. The van der Waals surface area contributed by atoms with Crippen LogP contribution < -0.4 is 5.32 Å². The quantitative estimate of drug-likeness (QED) is 0.882. The van der Waals surface area contributed by atoms with Crippen molar-refractivity contribution in [3.05, 3.63) is 21.3 Å². The summed E-state index contributed by atoms with van der Waals surface area (Å²) >= 11 is 7.38. The topological polar surface area (TPSA) is 52.6 Å². The van der Waals surface area contributed by atoms with Gasteiger partial charge in [-0.1, -0.05) is 11.6 Å². The molecule has 0 saturated carbocycles. The number of amides is 1. The third kappa shape index (κ3) is 3.23. The molecule has 0 aromatic carbocycles. The van der Waals surface area contributed by atoms with Crippen LogP contribution in [0.3, 0.4) is 0 Å². The second-order valence-electron chi connectivity index (χ2n) is 4.41. The number of nitrogens with one attached hydrogen (secondary N) is 1. The zero-order valence-corrected chi connectivity index (χ0v) is 11.8. The van der Waals surface area contributed by atoms with E-state index in [4.69, 9.17) is 11.6 Å². The van der Waals surface area contributed by atoms with Crippen molar-refractivity contribution in [1.82, 2.24) is 10.2 Å². The van der Waals surface area contributed by atoms with Gasteiger partial charge in [-0.2, -0.15) is 0 Å². The lowest BCUT2D eigenvalue weighted by molar-refractivity contribution is -0.133. The molecule has 1 aromatic heterocycles. The van der Waals surface area contributed by atoms with Crippen LogP contribution in [0, 0.1) is 0 Å². The minimum Gasteiger partial charge on any atom is -0.392 e. The van der Waals surface area contributed by atoms with Gasteiger partial charge in [0.2, 0.25) is 5.91 Å². The molecule has 0 spiro atoms. The fourth-order valence-electron chi connectivity index (χ4n) is 2.10. The molecule has 0 aliphatic carbocycles. The molecule has 2 heterocycles. The summed E-state index contributed by atoms with van der Waals surface area (Å²) < 4.78 is 0.739. The van der Waals surface area contributed by atoms with E-state index < -0.39 is 6.10 Å². The Morgan fingerprint density at radius 3 is 2.94 bits per heavy atom. The first kappa shape index (κ1) is 13.8. The Hall–Kier alpha value is -0.620. The number of aliphatic hydroxyl groups excluding tert-OH is 1. The molecule has 100 valence electrons. The monoisotopic (exact) mass is 288 g/mol. The van der Waals surface area contributed by atoms with E-state index in [0.29, 0.717) is 26.1 Å². The molecule has 6 heteroatoms. The lowest BCUT2D eigenvalue weighted by Crippen LogP contribution is -2.43. The second kappa shape index (κ2) is 6.02. The summed E-state index contributed by atoms with van der Waals surface area (Å²) in [5.74, 6) is 0.0542. The maximum atomic E-state index is 12.3. The Morgan fingerprint density at radius 1 is 1.67 bits per heavy atom. The van der Waals surface area contributed by atoms with E-state index in [1.54, 1.807) is 4.90 Å². The van der Waals surface area contributed by atoms with Gasteiger partial charge < -0.3 is 15.3 Å². The highest BCUT2D eigenvalue weighted by molar-refractivity contribution is 7.16. The van der Waals surface area contributed by atoms with Crippen LogP contribution in [-0.2, 0) is 11.3 Å². The van der Waals surface area contributed by atoms with E-state index >= 15 is 0 Å². The van der Waals surface area contributed by atoms with Gasteiger partial charge in [-0.3, -0.25) is 4.79 Å². The number of carbonyl (C=O) groups is 1. The number of hydrogen-bond acceptors (Lipinski definition) is 4. The van der Waals surface area contributed by atoms with Crippen molar-refractivity contribution in [1.29, 1.82) is 0 Å². The normalized spacial score (nSPS) is 23.3. The van der Waals surface area contributed by atoms with Crippen molar-refractivity contribution in [2.45, 2.75) is 32.0 Å². The molecule has 1 aliphatic rings. The number of rotatable bonds is 4. The van der Waals surface area contributed by atoms with E-state index in [9.17, 15) is 9.90 Å². The second-order valence-corrected chi connectivity index (χ2v) is 6.21. The largest absolute Gasteiger partial charge is 0.392 e. The van der Waals surface area contributed by atoms with Gasteiger partial charge in [-0.25, -0.2) is 0 Å². The Balaban J connectivity index is 1.97. The van der Waals surface area contributed by atoms with Gasteiger partial charge >= 0.3 is 0 Å².